The Labute approximate surface area is 142 Å². The van der Waals surface area contributed by atoms with Crippen molar-refractivity contribution in [3.8, 4) is 5.75 Å². The molecule has 2 heterocycles. The molecule has 5 heteroatoms. The Hall–Kier alpha value is -1.85. The minimum atomic E-state index is -0.324. The Morgan fingerprint density at radius 3 is 2.75 bits per heavy atom. The molecule has 1 N–H and O–H groups in total. The highest BCUT2D eigenvalue weighted by molar-refractivity contribution is 5.29. The van der Waals surface area contributed by atoms with E-state index in [2.05, 4.69) is 10.2 Å². The average Bonchev–Trinajstić information content (AvgIpc) is 3.14. The largest absolute Gasteiger partial charge is 0.494 e. The van der Waals surface area contributed by atoms with Crippen molar-refractivity contribution in [2.45, 2.75) is 31.8 Å². The van der Waals surface area contributed by atoms with Gasteiger partial charge in [-0.3, -0.25) is 4.90 Å². The van der Waals surface area contributed by atoms with Crippen molar-refractivity contribution >= 4 is 0 Å². The molecular weight excluding hydrogens is 307 g/mol. The van der Waals surface area contributed by atoms with E-state index < -0.39 is 0 Å². The van der Waals surface area contributed by atoms with Crippen LogP contribution in [0.15, 0.2) is 41.0 Å². The first-order chi connectivity index (χ1) is 11.8. The fourth-order valence-corrected chi connectivity index (χ4v) is 3.29. The number of methoxy groups -OCH3 is 1. The number of piperidine rings is 1. The van der Waals surface area contributed by atoms with Crippen molar-refractivity contribution < 1.29 is 13.5 Å². The van der Waals surface area contributed by atoms with Gasteiger partial charge in [-0.2, -0.15) is 0 Å². The number of halogens is 1. The van der Waals surface area contributed by atoms with Crippen LogP contribution in [0.1, 0.15) is 36.6 Å². The Morgan fingerprint density at radius 2 is 2.08 bits per heavy atom. The van der Waals surface area contributed by atoms with Crippen LogP contribution in [0.5, 0.6) is 5.75 Å². The van der Waals surface area contributed by atoms with Crippen molar-refractivity contribution in [2.24, 2.45) is 0 Å². The van der Waals surface area contributed by atoms with Gasteiger partial charge >= 0.3 is 0 Å². The minimum Gasteiger partial charge on any atom is -0.494 e. The summed E-state index contributed by atoms with van der Waals surface area (Å²) >= 11 is 0. The Balaban J connectivity index is 1.60. The van der Waals surface area contributed by atoms with Crippen LogP contribution in [-0.2, 0) is 6.54 Å². The zero-order chi connectivity index (χ0) is 16.8. The molecule has 2 aromatic rings. The van der Waals surface area contributed by atoms with E-state index in [9.17, 15) is 4.39 Å². The molecule has 1 fully saturated rings. The van der Waals surface area contributed by atoms with Gasteiger partial charge in [-0.25, -0.2) is 4.39 Å². The number of ether oxygens (including phenoxy) is 1. The summed E-state index contributed by atoms with van der Waals surface area (Å²) in [5.41, 5.74) is 0.908. The van der Waals surface area contributed by atoms with Gasteiger partial charge in [0.25, 0.3) is 0 Å². The molecule has 0 saturated carbocycles. The van der Waals surface area contributed by atoms with Gasteiger partial charge in [0.1, 0.15) is 5.76 Å². The number of rotatable bonds is 7. The van der Waals surface area contributed by atoms with Gasteiger partial charge in [0.05, 0.1) is 19.4 Å². The second kappa shape index (κ2) is 8.31. The lowest BCUT2D eigenvalue weighted by Gasteiger charge is -2.33. The summed E-state index contributed by atoms with van der Waals surface area (Å²) in [5, 5.41) is 3.44. The van der Waals surface area contributed by atoms with E-state index in [1.165, 1.54) is 32.4 Å². The zero-order valence-electron chi connectivity index (χ0n) is 14.1. The maximum atomic E-state index is 13.8. The smallest absolute Gasteiger partial charge is 0.165 e. The number of nitrogens with zero attached hydrogens (tertiary/aromatic N) is 1. The normalized spacial score (nSPS) is 16.9. The van der Waals surface area contributed by atoms with Gasteiger partial charge < -0.3 is 14.5 Å². The number of benzene rings is 1. The van der Waals surface area contributed by atoms with Gasteiger partial charge in [-0.1, -0.05) is 12.5 Å². The van der Waals surface area contributed by atoms with Crippen LogP contribution in [0.4, 0.5) is 4.39 Å². The van der Waals surface area contributed by atoms with Gasteiger partial charge in [-0.05, 0) is 55.8 Å². The molecule has 0 spiro atoms. The summed E-state index contributed by atoms with van der Waals surface area (Å²) in [7, 11) is 1.48. The van der Waals surface area contributed by atoms with E-state index in [-0.39, 0.29) is 17.6 Å². The highest BCUT2D eigenvalue weighted by Gasteiger charge is 2.23. The lowest BCUT2D eigenvalue weighted by atomic mass is 10.1. The van der Waals surface area contributed by atoms with Gasteiger partial charge in [0.15, 0.2) is 11.6 Å². The molecule has 24 heavy (non-hydrogen) atoms. The lowest BCUT2D eigenvalue weighted by Crippen LogP contribution is -2.38. The maximum Gasteiger partial charge on any atom is 0.165 e. The van der Waals surface area contributed by atoms with Crippen LogP contribution in [0.25, 0.3) is 0 Å². The third kappa shape index (κ3) is 4.16. The van der Waals surface area contributed by atoms with Crippen molar-refractivity contribution in [3.05, 3.63) is 53.7 Å². The molecule has 0 radical (unpaired) electrons. The number of nitrogens with one attached hydrogen (secondary N) is 1. The first kappa shape index (κ1) is 17.0. The highest BCUT2D eigenvalue weighted by atomic mass is 19.1. The molecule has 1 aromatic heterocycles. The summed E-state index contributed by atoms with van der Waals surface area (Å²) in [5.74, 6) is 0.946. The second-order valence-electron chi connectivity index (χ2n) is 6.23. The van der Waals surface area contributed by atoms with E-state index in [0.717, 1.165) is 31.0 Å². The fourth-order valence-electron chi connectivity index (χ4n) is 3.29. The molecule has 1 aromatic carbocycles. The first-order valence-electron chi connectivity index (χ1n) is 8.58. The van der Waals surface area contributed by atoms with Crippen LogP contribution in [-0.4, -0.2) is 31.6 Å². The van der Waals surface area contributed by atoms with Crippen molar-refractivity contribution in [3.63, 3.8) is 0 Å². The van der Waals surface area contributed by atoms with E-state index >= 15 is 0 Å². The molecule has 4 nitrogen and oxygen atoms in total. The molecule has 1 aliphatic heterocycles. The molecule has 1 atom stereocenters. The standard InChI is InChI=1S/C19H25FN2O2/c1-23-18-8-7-15(12-16(18)20)13-21-14-17(19-6-5-11-24-19)22-9-3-2-4-10-22/h5-8,11-12,17,21H,2-4,9-10,13-14H2,1H3. The quantitative estimate of drug-likeness (QED) is 0.838. The SMILES string of the molecule is COc1ccc(CNCC(c2ccco2)N2CCCCC2)cc1F. The van der Waals surface area contributed by atoms with Crippen molar-refractivity contribution in [1.82, 2.24) is 10.2 Å². The zero-order valence-corrected chi connectivity index (χ0v) is 14.1. The van der Waals surface area contributed by atoms with Gasteiger partial charge in [-0.15, -0.1) is 0 Å². The van der Waals surface area contributed by atoms with Crippen molar-refractivity contribution in [1.29, 1.82) is 0 Å². The summed E-state index contributed by atoms with van der Waals surface area (Å²) in [4.78, 5) is 2.48. The van der Waals surface area contributed by atoms with E-state index in [1.54, 1.807) is 12.3 Å². The molecule has 3 rings (SSSR count). The molecule has 0 amide bonds. The predicted molar refractivity (Wildman–Crippen MR) is 91.5 cm³/mol. The summed E-state index contributed by atoms with van der Waals surface area (Å²) in [6, 6.07) is 9.27. The van der Waals surface area contributed by atoms with E-state index in [1.807, 2.05) is 18.2 Å². The number of hydrogen-bond donors (Lipinski definition) is 1. The maximum absolute atomic E-state index is 13.8. The Kier molecular flexibility index (Phi) is 5.88. The minimum absolute atomic E-state index is 0.225. The monoisotopic (exact) mass is 332 g/mol. The van der Waals surface area contributed by atoms with Crippen LogP contribution < -0.4 is 10.1 Å². The van der Waals surface area contributed by atoms with Crippen LogP contribution in [0.2, 0.25) is 0 Å². The molecular formula is C19H25FN2O2. The third-order valence-corrected chi connectivity index (χ3v) is 4.59. The molecule has 1 unspecified atom stereocenters. The lowest BCUT2D eigenvalue weighted by molar-refractivity contribution is 0.142. The molecule has 0 aliphatic carbocycles. The summed E-state index contributed by atoms with van der Waals surface area (Å²) < 4.78 is 24.4. The number of furan rings is 1. The molecule has 1 aliphatic rings. The van der Waals surface area contributed by atoms with Crippen molar-refractivity contribution in [2.75, 3.05) is 26.7 Å². The van der Waals surface area contributed by atoms with Gasteiger partial charge in [0.2, 0.25) is 0 Å². The number of likely N-dealkylation sites (tertiary alicyclic amines) is 1. The molecule has 1 saturated heterocycles. The number of hydrogen-bond acceptors (Lipinski definition) is 4. The summed E-state index contributed by atoms with van der Waals surface area (Å²) in [6.07, 6.45) is 5.51. The highest BCUT2D eigenvalue weighted by Crippen LogP contribution is 2.25. The Morgan fingerprint density at radius 1 is 1.25 bits per heavy atom. The van der Waals surface area contributed by atoms with Crippen LogP contribution >= 0.6 is 0 Å². The third-order valence-electron chi connectivity index (χ3n) is 4.59. The fraction of sp³-hybridized carbons (Fsp3) is 0.474. The van der Waals surface area contributed by atoms with Crippen LogP contribution in [0, 0.1) is 5.82 Å². The Bertz CT molecular complexity index is 624. The molecule has 130 valence electrons. The predicted octanol–water partition coefficient (Wildman–Crippen LogP) is 3.74. The van der Waals surface area contributed by atoms with Crippen LogP contribution in [0.3, 0.4) is 0 Å². The van der Waals surface area contributed by atoms with E-state index in [4.69, 9.17) is 9.15 Å². The first-order valence-corrected chi connectivity index (χ1v) is 8.58. The average molecular weight is 332 g/mol. The molecule has 0 bridgehead atoms. The summed E-state index contributed by atoms with van der Waals surface area (Å²) in [6.45, 7) is 3.60. The van der Waals surface area contributed by atoms with E-state index in [0.29, 0.717) is 6.54 Å². The second-order valence-corrected chi connectivity index (χ2v) is 6.23. The topological polar surface area (TPSA) is 37.6 Å². The van der Waals surface area contributed by atoms with Gasteiger partial charge in [0, 0.05) is 13.1 Å².